The van der Waals surface area contributed by atoms with Crippen LogP contribution >= 0.6 is 11.3 Å². The van der Waals surface area contributed by atoms with E-state index in [9.17, 15) is 8.78 Å². The van der Waals surface area contributed by atoms with Crippen LogP contribution in [0, 0.1) is 18.6 Å². The topological polar surface area (TPSA) is 37.8 Å². The summed E-state index contributed by atoms with van der Waals surface area (Å²) in [5.74, 6) is -0.485. The lowest BCUT2D eigenvalue weighted by Gasteiger charge is -2.07. The van der Waals surface area contributed by atoms with Gasteiger partial charge in [0, 0.05) is 12.6 Å². The van der Waals surface area contributed by atoms with Crippen LogP contribution in [0.1, 0.15) is 11.1 Å². The molecule has 0 aliphatic heterocycles. The Labute approximate surface area is 118 Å². The van der Waals surface area contributed by atoms with Crippen LogP contribution in [0.15, 0.2) is 29.9 Å². The molecule has 0 bridgehead atoms. The Morgan fingerprint density at radius 2 is 1.90 bits per heavy atom. The van der Waals surface area contributed by atoms with Gasteiger partial charge in [-0.05, 0) is 35.6 Å². The van der Waals surface area contributed by atoms with E-state index in [1.54, 1.807) is 11.3 Å². The highest BCUT2D eigenvalue weighted by atomic mass is 32.1. The SMILES string of the molecule is Cc1csc2ncnc(NCc3cc(F)cc(F)c3)c12. The summed E-state index contributed by atoms with van der Waals surface area (Å²) < 4.78 is 26.3. The largest absolute Gasteiger partial charge is 0.365 e. The molecule has 0 radical (unpaired) electrons. The summed E-state index contributed by atoms with van der Waals surface area (Å²) in [7, 11) is 0. The van der Waals surface area contributed by atoms with Gasteiger partial charge in [-0.15, -0.1) is 11.3 Å². The van der Waals surface area contributed by atoms with Gasteiger partial charge >= 0.3 is 0 Å². The molecule has 2 aromatic heterocycles. The summed E-state index contributed by atoms with van der Waals surface area (Å²) in [5, 5.41) is 6.07. The van der Waals surface area contributed by atoms with Crippen LogP contribution in [0.5, 0.6) is 0 Å². The second-order valence-corrected chi connectivity index (χ2v) is 5.31. The van der Waals surface area contributed by atoms with Crippen molar-refractivity contribution in [1.82, 2.24) is 9.97 Å². The summed E-state index contributed by atoms with van der Waals surface area (Å²) in [4.78, 5) is 9.28. The number of fused-ring (bicyclic) bond motifs is 1. The first-order valence-corrected chi connectivity index (χ1v) is 6.89. The fourth-order valence-electron chi connectivity index (χ4n) is 2.05. The maximum atomic E-state index is 13.1. The van der Waals surface area contributed by atoms with Gasteiger partial charge in [0.1, 0.15) is 28.6 Å². The van der Waals surface area contributed by atoms with E-state index in [0.717, 1.165) is 21.8 Å². The summed E-state index contributed by atoms with van der Waals surface area (Å²) in [5.41, 5.74) is 1.61. The van der Waals surface area contributed by atoms with Crippen molar-refractivity contribution in [1.29, 1.82) is 0 Å². The van der Waals surface area contributed by atoms with Gasteiger partial charge in [0.2, 0.25) is 0 Å². The number of thiophene rings is 1. The monoisotopic (exact) mass is 291 g/mol. The van der Waals surface area contributed by atoms with Crippen molar-refractivity contribution in [2.75, 3.05) is 5.32 Å². The number of hydrogen-bond acceptors (Lipinski definition) is 4. The fourth-order valence-corrected chi connectivity index (χ4v) is 2.94. The minimum atomic E-state index is -0.582. The minimum Gasteiger partial charge on any atom is -0.365 e. The smallest absolute Gasteiger partial charge is 0.138 e. The minimum absolute atomic E-state index is 0.302. The molecular weight excluding hydrogens is 280 g/mol. The molecule has 6 heteroatoms. The number of nitrogens with one attached hydrogen (secondary N) is 1. The van der Waals surface area contributed by atoms with Crippen LogP contribution in [0.25, 0.3) is 10.2 Å². The van der Waals surface area contributed by atoms with Crippen LogP contribution in [0.2, 0.25) is 0 Å². The molecule has 2 heterocycles. The zero-order valence-corrected chi connectivity index (χ0v) is 11.5. The molecule has 20 heavy (non-hydrogen) atoms. The standard InChI is InChI=1S/C14H11F2N3S/c1-8-6-20-14-12(8)13(18-7-19-14)17-5-9-2-10(15)4-11(16)3-9/h2-4,6-7H,5H2,1H3,(H,17,18,19). The molecule has 0 fully saturated rings. The van der Waals surface area contributed by atoms with Gasteiger partial charge in [0.25, 0.3) is 0 Å². The van der Waals surface area contributed by atoms with E-state index in [0.29, 0.717) is 17.9 Å². The lowest BCUT2D eigenvalue weighted by molar-refractivity contribution is 0.580. The highest BCUT2D eigenvalue weighted by Crippen LogP contribution is 2.28. The molecule has 0 atom stereocenters. The van der Waals surface area contributed by atoms with Crippen molar-refractivity contribution in [2.24, 2.45) is 0 Å². The normalized spacial score (nSPS) is 10.9. The van der Waals surface area contributed by atoms with Crippen molar-refractivity contribution in [3.63, 3.8) is 0 Å². The van der Waals surface area contributed by atoms with Gasteiger partial charge < -0.3 is 5.32 Å². The van der Waals surface area contributed by atoms with Gasteiger partial charge in [-0.25, -0.2) is 18.7 Å². The Morgan fingerprint density at radius 3 is 2.65 bits per heavy atom. The van der Waals surface area contributed by atoms with Crippen LogP contribution in [0.4, 0.5) is 14.6 Å². The molecule has 1 aromatic carbocycles. The maximum absolute atomic E-state index is 13.1. The number of benzene rings is 1. The van der Waals surface area contributed by atoms with Gasteiger partial charge in [-0.2, -0.15) is 0 Å². The number of aryl methyl sites for hydroxylation is 1. The van der Waals surface area contributed by atoms with Gasteiger partial charge in [-0.1, -0.05) is 0 Å². The molecular formula is C14H11F2N3S. The van der Waals surface area contributed by atoms with Gasteiger partial charge in [-0.3, -0.25) is 0 Å². The number of aromatic nitrogens is 2. The first kappa shape index (κ1) is 12.9. The summed E-state index contributed by atoms with van der Waals surface area (Å²) >= 11 is 1.54. The number of nitrogens with zero attached hydrogens (tertiary/aromatic N) is 2. The van der Waals surface area contributed by atoms with Crippen LogP contribution in [-0.4, -0.2) is 9.97 Å². The third-order valence-corrected chi connectivity index (χ3v) is 3.94. The number of hydrogen-bond donors (Lipinski definition) is 1. The second kappa shape index (κ2) is 5.13. The lowest BCUT2D eigenvalue weighted by atomic mass is 10.2. The Kier molecular flexibility index (Phi) is 3.31. The fraction of sp³-hybridized carbons (Fsp3) is 0.143. The molecule has 0 aliphatic rings. The third-order valence-electron chi connectivity index (χ3n) is 2.94. The van der Waals surface area contributed by atoms with Crippen molar-refractivity contribution in [3.8, 4) is 0 Å². The Morgan fingerprint density at radius 1 is 1.15 bits per heavy atom. The Balaban J connectivity index is 1.88. The molecule has 0 unspecified atom stereocenters. The first-order valence-electron chi connectivity index (χ1n) is 6.01. The average Bonchev–Trinajstić information content (AvgIpc) is 2.78. The molecule has 3 rings (SSSR count). The highest BCUT2D eigenvalue weighted by Gasteiger charge is 2.08. The molecule has 3 aromatic rings. The maximum Gasteiger partial charge on any atom is 0.138 e. The van der Waals surface area contributed by atoms with Gasteiger partial charge in [0.15, 0.2) is 0 Å². The van der Waals surface area contributed by atoms with E-state index in [-0.39, 0.29) is 0 Å². The lowest BCUT2D eigenvalue weighted by Crippen LogP contribution is -2.03. The Hall–Kier alpha value is -2.08. The quantitative estimate of drug-likeness (QED) is 0.795. The Bertz CT molecular complexity index is 750. The zero-order valence-electron chi connectivity index (χ0n) is 10.7. The van der Waals surface area contributed by atoms with Crippen LogP contribution in [-0.2, 0) is 6.54 Å². The van der Waals surface area contributed by atoms with Crippen LogP contribution in [0.3, 0.4) is 0 Å². The number of halogens is 2. The zero-order chi connectivity index (χ0) is 14.1. The predicted octanol–water partition coefficient (Wildman–Crippen LogP) is 3.89. The van der Waals surface area contributed by atoms with E-state index < -0.39 is 11.6 Å². The van der Waals surface area contributed by atoms with Crippen LogP contribution < -0.4 is 5.32 Å². The van der Waals surface area contributed by atoms with E-state index in [2.05, 4.69) is 15.3 Å². The third kappa shape index (κ3) is 2.46. The van der Waals surface area contributed by atoms with Gasteiger partial charge in [0.05, 0.1) is 5.39 Å². The van der Waals surface area contributed by atoms with Crippen molar-refractivity contribution in [3.05, 3.63) is 52.7 Å². The summed E-state index contributed by atoms with van der Waals surface area (Å²) in [6.45, 7) is 2.28. The molecule has 0 spiro atoms. The van der Waals surface area contributed by atoms with E-state index in [1.165, 1.54) is 18.5 Å². The summed E-state index contributed by atoms with van der Waals surface area (Å²) in [6.07, 6.45) is 1.48. The highest BCUT2D eigenvalue weighted by molar-refractivity contribution is 7.17. The predicted molar refractivity (Wildman–Crippen MR) is 75.8 cm³/mol. The molecule has 1 N–H and O–H groups in total. The molecule has 0 saturated heterocycles. The number of anilines is 1. The van der Waals surface area contributed by atoms with E-state index >= 15 is 0 Å². The molecule has 0 aliphatic carbocycles. The molecule has 0 saturated carbocycles. The second-order valence-electron chi connectivity index (χ2n) is 4.45. The van der Waals surface area contributed by atoms with E-state index in [1.807, 2.05) is 12.3 Å². The average molecular weight is 291 g/mol. The molecule has 0 amide bonds. The van der Waals surface area contributed by atoms with E-state index in [4.69, 9.17) is 0 Å². The number of rotatable bonds is 3. The first-order chi connectivity index (χ1) is 9.63. The summed E-state index contributed by atoms with van der Waals surface area (Å²) in [6, 6.07) is 3.46. The van der Waals surface area contributed by atoms with Crippen molar-refractivity contribution >= 4 is 27.4 Å². The molecule has 102 valence electrons. The molecule has 3 nitrogen and oxygen atoms in total. The van der Waals surface area contributed by atoms with Crippen molar-refractivity contribution in [2.45, 2.75) is 13.5 Å². The van der Waals surface area contributed by atoms with Crippen molar-refractivity contribution < 1.29 is 8.78 Å².